The van der Waals surface area contributed by atoms with Crippen LogP contribution < -0.4 is 4.90 Å². The normalized spacial score (nSPS) is 13.3. The third-order valence-electron chi connectivity index (χ3n) is 5.27. The number of thioether (sulfide) groups is 1. The summed E-state index contributed by atoms with van der Waals surface area (Å²) >= 11 is 1.34. The summed E-state index contributed by atoms with van der Waals surface area (Å²) in [7, 11) is 0. The maximum atomic E-state index is 13.6. The zero-order chi connectivity index (χ0) is 23.2. The molecule has 0 spiro atoms. The van der Waals surface area contributed by atoms with Gasteiger partial charge in [-0.05, 0) is 36.6 Å². The lowest BCUT2D eigenvalue weighted by Crippen LogP contribution is -2.49. The van der Waals surface area contributed by atoms with E-state index in [-0.39, 0.29) is 24.2 Å². The molecule has 1 saturated heterocycles. The Hall–Kier alpha value is -3.56. The Balaban J connectivity index is 1.79. The van der Waals surface area contributed by atoms with Crippen LogP contribution >= 0.6 is 11.8 Å². The molecule has 0 N–H and O–H groups in total. The predicted octanol–water partition coefficient (Wildman–Crippen LogP) is 4.63. The number of aryl methyl sites for hydroxylation is 1. The summed E-state index contributed by atoms with van der Waals surface area (Å²) in [5.74, 6) is 0.835. The Bertz CT molecular complexity index is 1200. The van der Waals surface area contributed by atoms with E-state index in [0.29, 0.717) is 40.7 Å². The number of rotatable bonds is 8. The van der Waals surface area contributed by atoms with Crippen LogP contribution in [0.2, 0.25) is 0 Å². The predicted molar refractivity (Wildman–Crippen MR) is 122 cm³/mol. The maximum Gasteiger partial charge on any atom is 0.148 e. The molecule has 4 heterocycles. The number of nitriles is 2. The fourth-order valence-electron chi connectivity index (χ4n) is 3.57. The van der Waals surface area contributed by atoms with Crippen LogP contribution in [0.1, 0.15) is 28.8 Å². The largest absolute Gasteiger partial charge is 0.349 e. The van der Waals surface area contributed by atoms with E-state index in [0.717, 1.165) is 11.3 Å². The highest BCUT2D eigenvalue weighted by atomic mass is 32.2. The number of hydrogen-bond acceptors (Lipinski definition) is 7. The lowest BCUT2D eigenvalue weighted by atomic mass is 9.98. The molecule has 1 aliphatic heterocycles. The number of nitrogens with zero attached hydrogens (tertiary/aromatic N) is 6. The van der Waals surface area contributed by atoms with Crippen LogP contribution in [-0.4, -0.2) is 40.9 Å². The summed E-state index contributed by atoms with van der Waals surface area (Å²) in [5.41, 5.74) is 2.97. The molecule has 33 heavy (non-hydrogen) atoms. The molecule has 0 unspecified atom stereocenters. The molecule has 0 aliphatic carbocycles. The number of aromatic nitrogens is 3. The number of hydrogen-bond donors (Lipinski definition) is 0. The van der Waals surface area contributed by atoms with Gasteiger partial charge in [0.05, 0.1) is 36.7 Å². The van der Waals surface area contributed by atoms with Gasteiger partial charge in [0.15, 0.2) is 0 Å². The smallest absolute Gasteiger partial charge is 0.148 e. The van der Waals surface area contributed by atoms with Crippen LogP contribution in [0.4, 0.5) is 14.6 Å². The first kappa shape index (κ1) is 22.6. The van der Waals surface area contributed by atoms with Crippen molar-refractivity contribution >= 4 is 17.6 Å². The van der Waals surface area contributed by atoms with Gasteiger partial charge in [0, 0.05) is 23.7 Å². The average molecular weight is 463 g/mol. The van der Waals surface area contributed by atoms with Gasteiger partial charge < -0.3 is 4.90 Å². The van der Waals surface area contributed by atoms with E-state index < -0.39 is 12.8 Å². The Morgan fingerprint density at radius 3 is 2.52 bits per heavy atom. The highest BCUT2D eigenvalue weighted by molar-refractivity contribution is 7.98. The van der Waals surface area contributed by atoms with E-state index in [4.69, 9.17) is 0 Å². The van der Waals surface area contributed by atoms with Gasteiger partial charge in [-0.25, -0.2) is 9.37 Å². The van der Waals surface area contributed by atoms with Gasteiger partial charge in [0.2, 0.25) is 0 Å². The van der Waals surface area contributed by atoms with E-state index in [1.807, 2.05) is 24.3 Å². The van der Waals surface area contributed by atoms with Crippen molar-refractivity contribution in [2.24, 2.45) is 0 Å². The molecule has 1 aliphatic rings. The van der Waals surface area contributed by atoms with Crippen LogP contribution in [0.3, 0.4) is 0 Å². The van der Waals surface area contributed by atoms with Gasteiger partial charge >= 0.3 is 0 Å². The summed E-state index contributed by atoms with van der Waals surface area (Å²) < 4.78 is 26.1. The van der Waals surface area contributed by atoms with Gasteiger partial charge in [-0.1, -0.05) is 23.9 Å². The first-order valence-electron chi connectivity index (χ1n) is 10.5. The van der Waals surface area contributed by atoms with E-state index in [1.165, 1.54) is 11.8 Å². The van der Waals surface area contributed by atoms with Gasteiger partial charge in [-0.2, -0.15) is 10.5 Å². The molecular weight excluding hydrogens is 442 g/mol. The molecule has 1 fully saturated rings. The van der Waals surface area contributed by atoms with E-state index in [9.17, 15) is 19.3 Å². The molecule has 6 nitrogen and oxygen atoms in total. The monoisotopic (exact) mass is 462 g/mol. The summed E-state index contributed by atoms with van der Waals surface area (Å²) in [6.45, 7) is -0.116. The Morgan fingerprint density at radius 2 is 1.91 bits per heavy atom. The molecule has 0 bridgehead atoms. The lowest BCUT2D eigenvalue weighted by molar-refractivity contribution is 0.273. The molecule has 9 heteroatoms. The van der Waals surface area contributed by atoms with Crippen LogP contribution in [0.25, 0.3) is 11.3 Å². The second-order valence-electron chi connectivity index (χ2n) is 7.55. The molecule has 166 valence electrons. The zero-order valence-electron chi connectivity index (χ0n) is 17.7. The molecule has 4 rings (SSSR count). The van der Waals surface area contributed by atoms with Crippen LogP contribution in [0, 0.1) is 22.7 Å². The topological polar surface area (TPSA) is 89.5 Å². The number of alkyl halides is 2. The summed E-state index contributed by atoms with van der Waals surface area (Å²) in [5, 5.41) is 20.4. The number of pyridine rings is 3. The van der Waals surface area contributed by atoms with Crippen molar-refractivity contribution in [2.75, 3.05) is 24.7 Å². The first-order valence-corrected chi connectivity index (χ1v) is 11.4. The molecular formula is C24H20F2N6S. The Morgan fingerprint density at radius 1 is 1.09 bits per heavy atom. The minimum absolute atomic E-state index is 0.146. The SMILES string of the molecule is N#Cc1c(SCc2ccccn2)nc(N2CC(F)C2)c(C#N)c1-c1ccc(CCCF)cn1. The van der Waals surface area contributed by atoms with Crippen LogP contribution in [-0.2, 0) is 12.2 Å². The van der Waals surface area contributed by atoms with Crippen molar-refractivity contribution in [3.63, 3.8) is 0 Å². The Labute approximate surface area is 194 Å². The van der Waals surface area contributed by atoms with Gasteiger partial charge in [0.1, 0.15) is 34.7 Å². The summed E-state index contributed by atoms with van der Waals surface area (Å²) in [6.07, 6.45) is 3.31. The molecule has 0 atom stereocenters. The minimum Gasteiger partial charge on any atom is -0.349 e. The van der Waals surface area contributed by atoms with Crippen molar-refractivity contribution in [3.05, 3.63) is 65.1 Å². The van der Waals surface area contributed by atoms with Crippen molar-refractivity contribution in [3.8, 4) is 23.4 Å². The van der Waals surface area contributed by atoms with Crippen molar-refractivity contribution in [1.82, 2.24) is 15.0 Å². The second kappa shape index (κ2) is 10.4. The standard InChI is InChI=1S/C24H20F2N6S/c25-8-3-4-16-6-7-21(30-12-16)22-19(10-27)23(32-13-17(26)14-32)31-24(20(22)11-28)33-15-18-5-1-2-9-29-18/h1-2,5-7,9,12,17H,3-4,8,13-15H2. The van der Waals surface area contributed by atoms with Gasteiger partial charge in [0.25, 0.3) is 0 Å². The van der Waals surface area contributed by atoms with E-state index in [1.54, 1.807) is 23.4 Å². The maximum absolute atomic E-state index is 13.6. The summed E-state index contributed by atoms with van der Waals surface area (Å²) in [6, 6.07) is 13.5. The fraction of sp³-hybridized carbons (Fsp3) is 0.292. The average Bonchev–Trinajstić information content (AvgIpc) is 2.84. The van der Waals surface area contributed by atoms with Crippen LogP contribution in [0.15, 0.2) is 47.8 Å². The first-order chi connectivity index (χ1) is 16.1. The highest BCUT2D eigenvalue weighted by Crippen LogP contribution is 2.39. The van der Waals surface area contributed by atoms with Crippen molar-refractivity contribution in [1.29, 1.82) is 10.5 Å². The van der Waals surface area contributed by atoms with Crippen molar-refractivity contribution in [2.45, 2.75) is 29.8 Å². The van der Waals surface area contributed by atoms with Gasteiger partial charge in [-0.3, -0.25) is 14.4 Å². The fourth-order valence-corrected chi connectivity index (χ4v) is 4.46. The van der Waals surface area contributed by atoms with Crippen LogP contribution in [0.5, 0.6) is 0 Å². The third-order valence-corrected chi connectivity index (χ3v) is 6.28. The molecule has 0 saturated carbocycles. The quantitative estimate of drug-likeness (QED) is 0.451. The second-order valence-corrected chi connectivity index (χ2v) is 8.51. The van der Waals surface area contributed by atoms with Crippen molar-refractivity contribution < 1.29 is 8.78 Å². The molecule has 0 radical (unpaired) electrons. The molecule has 3 aromatic rings. The van der Waals surface area contributed by atoms with E-state index in [2.05, 4.69) is 27.1 Å². The molecule has 3 aromatic heterocycles. The highest BCUT2D eigenvalue weighted by Gasteiger charge is 2.32. The third kappa shape index (κ3) is 4.94. The molecule has 0 amide bonds. The van der Waals surface area contributed by atoms with E-state index >= 15 is 0 Å². The van der Waals surface area contributed by atoms with Gasteiger partial charge in [-0.15, -0.1) is 0 Å². The molecule has 0 aromatic carbocycles. The number of halogens is 2. The lowest BCUT2D eigenvalue weighted by Gasteiger charge is -2.36. The Kier molecular flexibility index (Phi) is 7.11. The zero-order valence-corrected chi connectivity index (χ0v) is 18.5. The summed E-state index contributed by atoms with van der Waals surface area (Å²) in [4.78, 5) is 15.1. The number of anilines is 1. The minimum atomic E-state index is -0.977.